The summed E-state index contributed by atoms with van der Waals surface area (Å²) in [6, 6.07) is 5.39. The summed E-state index contributed by atoms with van der Waals surface area (Å²) in [4.78, 5) is 39.1. The number of nitrogens with one attached hydrogen (secondary N) is 3. The monoisotopic (exact) mass is 333 g/mol. The number of carbonyl (C=O) groups is 2. The van der Waals surface area contributed by atoms with E-state index in [2.05, 4.69) is 15.6 Å². The summed E-state index contributed by atoms with van der Waals surface area (Å²) in [5, 5.41) is 5.45. The predicted molar refractivity (Wildman–Crippen MR) is 89.5 cm³/mol. The number of amides is 2. The first-order chi connectivity index (χ1) is 10.9. The fourth-order valence-electron chi connectivity index (χ4n) is 2.16. The fourth-order valence-corrected chi connectivity index (χ4v) is 3.03. The van der Waals surface area contributed by atoms with Gasteiger partial charge in [0.05, 0.1) is 11.4 Å². The largest absolute Gasteiger partial charge is 0.351 e. The van der Waals surface area contributed by atoms with Gasteiger partial charge in [0.25, 0.3) is 11.5 Å². The molecule has 0 unspecified atom stereocenters. The molecule has 0 fully saturated rings. The Bertz CT molecular complexity index is 792. The second-order valence-corrected chi connectivity index (χ2v) is 6.47. The molecule has 0 aromatic carbocycles. The maximum Gasteiger partial charge on any atom is 0.261 e. The average molecular weight is 333 g/mol. The van der Waals surface area contributed by atoms with Crippen molar-refractivity contribution < 1.29 is 9.59 Å². The van der Waals surface area contributed by atoms with Crippen molar-refractivity contribution >= 4 is 23.2 Å². The Morgan fingerprint density at radius 1 is 1.17 bits per heavy atom. The summed E-state index contributed by atoms with van der Waals surface area (Å²) in [6.45, 7) is 5.70. The van der Waals surface area contributed by atoms with E-state index in [1.54, 1.807) is 12.1 Å². The molecule has 0 spiro atoms. The zero-order valence-electron chi connectivity index (χ0n) is 13.3. The molecule has 0 aliphatic heterocycles. The van der Waals surface area contributed by atoms with Gasteiger partial charge in [-0.25, -0.2) is 0 Å². The first-order valence-electron chi connectivity index (χ1n) is 7.17. The van der Waals surface area contributed by atoms with Crippen molar-refractivity contribution in [3.05, 3.63) is 55.1 Å². The maximum atomic E-state index is 12.2. The van der Waals surface area contributed by atoms with E-state index < -0.39 is 0 Å². The Balaban J connectivity index is 2.00. The number of aryl methyl sites for hydroxylation is 2. The number of thiophene rings is 1. The van der Waals surface area contributed by atoms with Crippen LogP contribution in [0.25, 0.3) is 0 Å². The van der Waals surface area contributed by atoms with Crippen LogP contribution in [0, 0.1) is 13.8 Å². The van der Waals surface area contributed by atoms with E-state index in [-0.39, 0.29) is 23.9 Å². The highest BCUT2D eigenvalue weighted by atomic mass is 32.1. The molecule has 2 amide bonds. The molecule has 0 saturated carbocycles. The van der Waals surface area contributed by atoms with Crippen molar-refractivity contribution in [2.24, 2.45) is 0 Å². The van der Waals surface area contributed by atoms with Gasteiger partial charge in [0.2, 0.25) is 5.91 Å². The first kappa shape index (κ1) is 17.0. The van der Waals surface area contributed by atoms with Crippen LogP contribution in [0.2, 0.25) is 0 Å². The van der Waals surface area contributed by atoms with Crippen LogP contribution < -0.4 is 16.2 Å². The van der Waals surface area contributed by atoms with Gasteiger partial charge >= 0.3 is 0 Å². The van der Waals surface area contributed by atoms with E-state index in [0.717, 1.165) is 16.1 Å². The van der Waals surface area contributed by atoms with Crippen LogP contribution in [-0.2, 0) is 17.9 Å². The quantitative estimate of drug-likeness (QED) is 0.776. The van der Waals surface area contributed by atoms with E-state index in [4.69, 9.17) is 0 Å². The van der Waals surface area contributed by atoms with Gasteiger partial charge in [0.15, 0.2) is 0 Å². The van der Waals surface area contributed by atoms with Crippen LogP contribution in [0.3, 0.4) is 0 Å². The topological polar surface area (TPSA) is 91.1 Å². The lowest BCUT2D eigenvalue weighted by Gasteiger charge is -2.07. The molecule has 0 atom stereocenters. The van der Waals surface area contributed by atoms with Crippen LogP contribution in [0.4, 0.5) is 0 Å². The van der Waals surface area contributed by atoms with Crippen LogP contribution in [-0.4, -0.2) is 16.8 Å². The van der Waals surface area contributed by atoms with Crippen molar-refractivity contribution in [3.63, 3.8) is 0 Å². The maximum absolute atomic E-state index is 12.2. The third-order valence-electron chi connectivity index (χ3n) is 3.32. The van der Waals surface area contributed by atoms with Crippen molar-refractivity contribution in [2.75, 3.05) is 0 Å². The van der Waals surface area contributed by atoms with Gasteiger partial charge in [0, 0.05) is 29.6 Å². The lowest BCUT2D eigenvalue weighted by molar-refractivity contribution is -0.119. The van der Waals surface area contributed by atoms with E-state index in [1.165, 1.54) is 18.3 Å². The minimum atomic E-state index is -0.233. The number of H-pyrrole nitrogens is 1. The summed E-state index contributed by atoms with van der Waals surface area (Å²) in [5.41, 5.74) is 2.02. The number of hydrogen-bond donors (Lipinski definition) is 3. The van der Waals surface area contributed by atoms with Crippen LogP contribution >= 0.6 is 11.3 Å². The Morgan fingerprint density at radius 2 is 1.91 bits per heavy atom. The zero-order valence-corrected chi connectivity index (χ0v) is 14.1. The molecular weight excluding hydrogens is 314 g/mol. The number of carbonyl (C=O) groups excluding carboxylic acids is 2. The summed E-state index contributed by atoms with van der Waals surface area (Å²) in [5.74, 6) is -0.345. The van der Waals surface area contributed by atoms with E-state index >= 15 is 0 Å². The van der Waals surface area contributed by atoms with Crippen LogP contribution in [0.5, 0.6) is 0 Å². The third-order valence-corrected chi connectivity index (χ3v) is 4.40. The molecule has 122 valence electrons. The minimum absolute atomic E-state index is 0.113. The molecule has 6 nitrogen and oxygen atoms in total. The van der Waals surface area contributed by atoms with Crippen molar-refractivity contribution in [2.45, 2.75) is 33.9 Å². The van der Waals surface area contributed by atoms with Gasteiger partial charge in [-0.15, -0.1) is 11.3 Å². The SMILES string of the molecule is CC(=O)NCc1ccc(C(=O)NCc2c(C)cc(C)[nH]c2=O)s1. The highest BCUT2D eigenvalue weighted by Crippen LogP contribution is 2.16. The number of rotatable bonds is 5. The number of aromatic nitrogens is 1. The fraction of sp³-hybridized carbons (Fsp3) is 0.312. The third kappa shape index (κ3) is 4.53. The highest BCUT2D eigenvalue weighted by Gasteiger charge is 2.11. The Hall–Kier alpha value is -2.41. The summed E-state index contributed by atoms with van der Waals surface area (Å²) in [6.07, 6.45) is 0. The second kappa shape index (κ2) is 7.23. The number of aromatic amines is 1. The summed E-state index contributed by atoms with van der Waals surface area (Å²) < 4.78 is 0. The molecule has 3 N–H and O–H groups in total. The molecule has 2 heterocycles. The van der Waals surface area contributed by atoms with Gasteiger partial charge in [-0.1, -0.05) is 0 Å². The second-order valence-electron chi connectivity index (χ2n) is 5.30. The Kier molecular flexibility index (Phi) is 5.33. The van der Waals surface area contributed by atoms with E-state index in [0.29, 0.717) is 17.0 Å². The molecule has 2 aromatic heterocycles. The lowest BCUT2D eigenvalue weighted by atomic mass is 10.1. The van der Waals surface area contributed by atoms with Gasteiger partial charge in [-0.3, -0.25) is 14.4 Å². The molecule has 0 aliphatic rings. The predicted octanol–water partition coefficient (Wildman–Crippen LogP) is 1.62. The Morgan fingerprint density at radius 3 is 2.57 bits per heavy atom. The molecule has 0 saturated heterocycles. The van der Waals surface area contributed by atoms with E-state index in [1.807, 2.05) is 19.9 Å². The molecule has 0 bridgehead atoms. The number of pyridine rings is 1. The van der Waals surface area contributed by atoms with Crippen LogP contribution in [0.1, 0.15) is 38.3 Å². The smallest absolute Gasteiger partial charge is 0.261 e. The van der Waals surface area contributed by atoms with Crippen molar-refractivity contribution in [3.8, 4) is 0 Å². The van der Waals surface area contributed by atoms with Gasteiger partial charge in [-0.05, 0) is 37.6 Å². The highest BCUT2D eigenvalue weighted by molar-refractivity contribution is 7.14. The molecule has 2 aromatic rings. The standard InChI is InChI=1S/C16H19N3O3S/c1-9-6-10(2)19-15(21)13(9)8-18-16(22)14-5-4-12(23-14)7-17-11(3)20/h4-6H,7-8H2,1-3H3,(H,17,20)(H,18,22)(H,19,21). The molecule has 2 rings (SSSR count). The van der Waals surface area contributed by atoms with Gasteiger partial charge in [-0.2, -0.15) is 0 Å². The van der Waals surface area contributed by atoms with Gasteiger partial charge in [0.1, 0.15) is 0 Å². The number of hydrogen-bond acceptors (Lipinski definition) is 4. The van der Waals surface area contributed by atoms with Crippen molar-refractivity contribution in [1.82, 2.24) is 15.6 Å². The van der Waals surface area contributed by atoms with Gasteiger partial charge < -0.3 is 15.6 Å². The molecule has 23 heavy (non-hydrogen) atoms. The molecule has 0 aliphatic carbocycles. The molecular formula is C16H19N3O3S. The summed E-state index contributed by atoms with van der Waals surface area (Å²) >= 11 is 1.32. The molecule has 7 heteroatoms. The van der Waals surface area contributed by atoms with E-state index in [9.17, 15) is 14.4 Å². The molecule has 0 radical (unpaired) electrons. The normalized spacial score (nSPS) is 10.4. The van der Waals surface area contributed by atoms with Crippen molar-refractivity contribution in [1.29, 1.82) is 0 Å². The minimum Gasteiger partial charge on any atom is -0.351 e. The lowest BCUT2D eigenvalue weighted by Crippen LogP contribution is -2.27. The first-order valence-corrected chi connectivity index (χ1v) is 7.99. The Labute approximate surface area is 137 Å². The van der Waals surface area contributed by atoms with Crippen LogP contribution in [0.15, 0.2) is 23.0 Å². The summed E-state index contributed by atoms with van der Waals surface area (Å²) in [7, 11) is 0. The average Bonchev–Trinajstić information content (AvgIpc) is 2.92. The zero-order chi connectivity index (χ0) is 17.0.